The highest BCUT2D eigenvalue weighted by Gasteiger charge is 2.30. The topological polar surface area (TPSA) is 58.6 Å². The number of esters is 1. The van der Waals surface area contributed by atoms with E-state index in [0.717, 1.165) is 17.7 Å². The molecule has 0 radical (unpaired) electrons. The molecule has 1 aromatic rings. The van der Waals surface area contributed by atoms with Gasteiger partial charge in [-0.1, -0.05) is 12.1 Å². The number of amides is 2. The summed E-state index contributed by atoms with van der Waals surface area (Å²) in [6, 6.07) is 4.69. The lowest BCUT2D eigenvalue weighted by atomic mass is 9.97. The van der Waals surface area contributed by atoms with Crippen LogP contribution in [0.3, 0.4) is 0 Å². The molecule has 0 aromatic heterocycles. The molecule has 0 spiro atoms. The molecule has 0 aliphatic carbocycles. The molecule has 0 unspecified atom stereocenters. The molecule has 2 amide bonds. The summed E-state index contributed by atoms with van der Waals surface area (Å²) in [7, 11) is 0. The number of halogens is 3. The van der Waals surface area contributed by atoms with Crippen molar-refractivity contribution in [3.8, 4) is 0 Å². The lowest BCUT2D eigenvalue weighted by molar-refractivity contribution is -0.149. The van der Waals surface area contributed by atoms with Crippen LogP contribution in [-0.2, 0) is 22.1 Å². The number of benzene rings is 1. The molecule has 144 valence electrons. The fraction of sp³-hybridized carbons (Fsp3) is 0.556. The first-order valence-corrected chi connectivity index (χ1v) is 8.66. The number of ether oxygens (including phenoxy) is 1. The lowest BCUT2D eigenvalue weighted by Gasteiger charge is -2.30. The van der Waals surface area contributed by atoms with Crippen molar-refractivity contribution in [3.63, 3.8) is 0 Å². The molecular weight excluding hydrogens is 349 g/mol. The molecule has 26 heavy (non-hydrogen) atoms. The third-order valence-corrected chi connectivity index (χ3v) is 4.37. The van der Waals surface area contributed by atoms with Gasteiger partial charge < -0.3 is 15.0 Å². The van der Waals surface area contributed by atoms with Gasteiger partial charge in [-0.15, -0.1) is 0 Å². The molecular formula is C18H23F3N2O3. The zero-order valence-corrected chi connectivity index (χ0v) is 14.6. The second-order valence-corrected chi connectivity index (χ2v) is 6.19. The van der Waals surface area contributed by atoms with Crippen LogP contribution in [0, 0.1) is 5.92 Å². The van der Waals surface area contributed by atoms with Crippen LogP contribution in [-0.4, -0.2) is 43.1 Å². The van der Waals surface area contributed by atoms with Crippen molar-refractivity contribution in [1.29, 1.82) is 0 Å². The van der Waals surface area contributed by atoms with E-state index in [0.29, 0.717) is 45.5 Å². The van der Waals surface area contributed by atoms with Crippen molar-refractivity contribution >= 4 is 12.0 Å². The minimum absolute atomic E-state index is 0.161. The van der Waals surface area contributed by atoms with Gasteiger partial charge in [0.05, 0.1) is 18.1 Å². The zero-order valence-electron chi connectivity index (χ0n) is 14.6. The van der Waals surface area contributed by atoms with Crippen LogP contribution in [0.2, 0.25) is 0 Å². The number of urea groups is 1. The summed E-state index contributed by atoms with van der Waals surface area (Å²) in [4.78, 5) is 25.4. The molecule has 1 fully saturated rings. The number of nitrogens with one attached hydrogen (secondary N) is 1. The van der Waals surface area contributed by atoms with Gasteiger partial charge in [0.1, 0.15) is 0 Å². The molecule has 1 N–H and O–H groups in total. The van der Waals surface area contributed by atoms with E-state index in [1.807, 2.05) is 0 Å². The molecule has 1 aromatic carbocycles. The molecule has 1 heterocycles. The minimum atomic E-state index is -4.34. The number of nitrogens with zero attached hydrogens (tertiary/aromatic N) is 1. The van der Waals surface area contributed by atoms with E-state index in [9.17, 15) is 22.8 Å². The van der Waals surface area contributed by atoms with E-state index in [1.165, 1.54) is 12.1 Å². The van der Waals surface area contributed by atoms with Crippen molar-refractivity contribution < 1.29 is 27.5 Å². The van der Waals surface area contributed by atoms with Crippen LogP contribution in [0.1, 0.15) is 30.9 Å². The van der Waals surface area contributed by atoms with Crippen LogP contribution in [0.5, 0.6) is 0 Å². The smallest absolute Gasteiger partial charge is 0.416 e. The highest BCUT2D eigenvalue weighted by atomic mass is 19.4. The Labute approximate surface area is 150 Å². The predicted molar refractivity (Wildman–Crippen MR) is 89.5 cm³/mol. The van der Waals surface area contributed by atoms with Crippen molar-refractivity contribution in [2.24, 2.45) is 5.92 Å². The first-order valence-electron chi connectivity index (χ1n) is 8.66. The maximum Gasteiger partial charge on any atom is 0.416 e. The van der Waals surface area contributed by atoms with Crippen molar-refractivity contribution in [2.75, 3.05) is 26.2 Å². The Hall–Kier alpha value is -2.25. The molecule has 1 aliphatic rings. The Morgan fingerprint density at radius 1 is 1.19 bits per heavy atom. The van der Waals surface area contributed by atoms with E-state index in [4.69, 9.17) is 4.74 Å². The summed E-state index contributed by atoms with van der Waals surface area (Å²) in [5, 5.41) is 2.76. The van der Waals surface area contributed by atoms with Crippen LogP contribution in [0.4, 0.5) is 18.0 Å². The average Bonchev–Trinajstić information content (AvgIpc) is 2.61. The summed E-state index contributed by atoms with van der Waals surface area (Å²) in [5.74, 6) is -0.374. The van der Waals surface area contributed by atoms with E-state index >= 15 is 0 Å². The Morgan fingerprint density at radius 3 is 2.35 bits per heavy atom. The van der Waals surface area contributed by atoms with E-state index in [-0.39, 0.29) is 17.9 Å². The Bertz CT molecular complexity index is 609. The van der Waals surface area contributed by atoms with Gasteiger partial charge in [-0.25, -0.2) is 4.79 Å². The molecule has 1 saturated heterocycles. The number of carbonyl (C=O) groups excluding carboxylic acids is 2. The summed E-state index contributed by atoms with van der Waals surface area (Å²) < 4.78 is 42.5. The molecule has 0 bridgehead atoms. The maximum absolute atomic E-state index is 12.5. The predicted octanol–water partition coefficient (Wildman–Crippen LogP) is 3.23. The molecule has 0 atom stereocenters. The number of hydrogen-bond acceptors (Lipinski definition) is 3. The van der Waals surface area contributed by atoms with Crippen molar-refractivity contribution in [2.45, 2.75) is 32.4 Å². The molecule has 8 heteroatoms. The van der Waals surface area contributed by atoms with E-state index < -0.39 is 11.7 Å². The van der Waals surface area contributed by atoms with Crippen LogP contribution in [0.25, 0.3) is 0 Å². The van der Waals surface area contributed by atoms with Gasteiger partial charge in [0, 0.05) is 19.6 Å². The fourth-order valence-corrected chi connectivity index (χ4v) is 2.86. The number of likely N-dealkylation sites (tertiary alicyclic amines) is 1. The second-order valence-electron chi connectivity index (χ2n) is 6.19. The first-order chi connectivity index (χ1) is 12.3. The summed E-state index contributed by atoms with van der Waals surface area (Å²) >= 11 is 0. The van der Waals surface area contributed by atoms with Gasteiger partial charge in [0.25, 0.3) is 0 Å². The number of carbonyl (C=O) groups is 2. The standard InChI is InChI=1S/C18H23F3N2O3/c1-2-26-16(24)14-8-11-23(12-9-14)17(25)22-10-7-13-3-5-15(6-4-13)18(19,20)21/h3-6,14H,2,7-12H2,1H3,(H,22,25). The quantitative estimate of drug-likeness (QED) is 0.808. The van der Waals surface area contributed by atoms with Crippen molar-refractivity contribution in [1.82, 2.24) is 10.2 Å². The molecule has 2 rings (SSSR count). The van der Waals surface area contributed by atoms with Crippen molar-refractivity contribution in [3.05, 3.63) is 35.4 Å². The van der Waals surface area contributed by atoms with Gasteiger partial charge in [0.15, 0.2) is 0 Å². The highest BCUT2D eigenvalue weighted by Crippen LogP contribution is 2.29. The van der Waals surface area contributed by atoms with Gasteiger partial charge in [-0.3, -0.25) is 4.79 Å². The monoisotopic (exact) mass is 372 g/mol. The van der Waals surface area contributed by atoms with E-state index in [2.05, 4.69) is 5.32 Å². The summed E-state index contributed by atoms with van der Waals surface area (Å²) in [5.41, 5.74) is 0.0362. The van der Waals surface area contributed by atoms with Crippen LogP contribution >= 0.6 is 0 Å². The average molecular weight is 372 g/mol. The number of hydrogen-bond donors (Lipinski definition) is 1. The Morgan fingerprint density at radius 2 is 1.81 bits per heavy atom. The molecule has 5 nitrogen and oxygen atoms in total. The SMILES string of the molecule is CCOC(=O)C1CCN(C(=O)NCCc2ccc(C(F)(F)F)cc2)CC1. The first kappa shape index (κ1) is 20.1. The van der Waals surface area contributed by atoms with Crippen LogP contribution in [0.15, 0.2) is 24.3 Å². The van der Waals surface area contributed by atoms with Crippen LogP contribution < -0.4 is 5.32 Å². The minimum Gasteiger partial charge on any atom is -0.466 e. The lowest BCUT2D eigenvalue weighted by Crippen LogP contribution is -2.46. The van der Waals surface area contributed by atoms with E-state index in [1.54, 1.807) is 11.8 Å². The maximum atomic E-state index is 12.5. The normalized spacial score (nSPS) is 15.6. The zero-order chi connectivity index (χ0) is 19.2. The Balaban J connectivity index is 1.72. The second kappa shape index (κ2) is 8.91. The molecule has 1 aliphatic heterocycles. The number of rotatable bonds is 5. The Kier molecular flexibility index (Phi) is 6.88. The molecule has 0 saturated carbocycles. The summed E-state index contributed by atoms with van der Waals surface area (Å²) in [6.07, 6.45) is -2.75. The van der Waals surface area contributed by atoms with Gasteiger partial charge >= 0.3 is 18.2 Å². The fourth-order valence-electron chi connectivity index (χ4n) is 2.86. The van der Waals surface area contributed by atoms with Gasteiger partial charge in [-0.05, 0) is 43.9 Å². The van der Waals surface area contributed by atoms with Gasteiger partial charge in [0.2, 0.25) is 0 Å². The largest absolute Gasteiger partial charge is 0.466 e. The summed E-state index contributed by atoms with van der Waals surface area (Å²) in [6.45, 7) is 3.41. The third kappa shape index (κ3) is 5.64. The third-order valence-electron chi connectivity index (χ3n) is 4.37. The number of piperidine rings is 1. The highest BCUT2D eigenvalue weighted by molar-refractivity contribution is 5.76. The van der Waals surface area contributed by atoms with Gasteiger partial charge in [-0.2, -0.15) is 13.2 Å². The number of alkyl halides is 3.